The lowest BCUT2D eigenvalue weighted by molar-refractivity contribution is 0.0945. The third kappa shape index (κ3) is 4.71. The Morgan fingerprint density at radius 2 is 2.08 bits per heavy atom. The van der Waals surface area contributed by atoms with Crippen LogP contribution in [0.15, 0.2) is 29.4 Å². The average molecular weight is 356 g/mol. The third-order valence-electron chi connectivity index (χ3n) is 3.20. The van der Waals surface area contributed by atoms with Crippen LogP contribution >= 0.6 is 0 Å². The second-order valence-electron chi connectivity index (χ2n) is 5.35. The van der Waals surface area contributed by atoms with Crippen molar-refractivity contribution in [3.63, 3.8) is 0 Å². The predicted octanol–water partition coefficient (Wildman–Crippen LogP) is 0.152. The number of amidine groups is 1. The number of hydrogen-bond donors (Lipinski definition) is 3. The zero-order chi connectivity index (χ0) is 19.3. The summed E-state index contributed by atoms with van der Waals surface area (Å²) in [4.78, 5) is 20.5. The molecule has 0 aliphatic carbocycles. The minimum absolute atomic E-state index is 0.0340. The molecule has 0 spiro atoms. The fourth-order valence-corrected chi connectivity index (χ4v) is 2.08. The van der Waals surface area contributed by atoms with E-state index >= 15 is 0 Å². The zero-order valence-electron chi connectivity index (χ0n) is 14.2. The number of hydrazine groups is 1. The van der Waals surface area contributed by atoms with Gasteiger partial charge >= 0.3 is 0 Å². The number of benzene rings is 1. The molecule has 0 atom stereocenters. The highest BCUT2D eigenvalue weighted by Gasteiger charge is 2.13. The van der Waals surface area contributed by atoms with Gasteiger partial charge in [0.05, 0.1) is 5.56 Å². The van der Waals surface area contributed by atoms with E-state index in [0.717, 1.165) is 5.12 Å². The Morgan fingerprint density at radius 1 is 1.38 bits per heavy atom. The molecule has 0 saturated carbocycles. The van der Waals surface area contributed by atoms with Crippen LogP contribution in [0.5, 0.6) is 0 Å². The number of nitrogens with one attached hydrogen (secondary N) is 1. The van der Waals surface area contributed by atoms with Crippen LogP contribution in [0.3, 0.4) is 0 Å². The van der Waals surface area contributed by atoms with E-state index in [1.165, 1.54) is 31.3 Å². The fourth-order valence-electron chi connectivity index (χ4n) is 2.08. The Morgan fingerprint density at radius 3 is 2.73 bits per heavy atom. The molecule has 1 aromatic carbocycles. The molecule has 10 heteroatoms. The number of halogens is 1. The van der Waals surface area contributed by atoms with E-state index in [9.17, 15) is 9.18 Å². The van der Waals surface area contributed by atoms with Crippen LogP contribution in [0.2, 0.25) is 0 Å². The molecule has 0 radical (unpaired) electrons. The van der Waals surface area contributed by atoms with Crippen LogP contribution < -0.4 is 16.9 Å². The highest BCUT2D eigenvalue weighted by atomic mass is 19.1. The molecular formula is C16H17FN8O. The second-order valence-corrected chi connectivity index (χ2v) is 5.35. The summed E-state index contributed by atoms with van der Waals surface area (Å²) in [5.74, 6) is 4.68. The molecule has 0 unspecified atom stereocenters. The maximum atomic E-state index is 13.3. The molecule has 0 aliphatic heterocycles. The monoisotopic (exact) mass is 356 g/mol. The van der Waals surface area contributed by atoms with Crippen molar-refractivity contribution in [3.8, 4) is 6.07 Å². The number of nitrogens with two attached hydrogens (primary N) is 2. The lowest BCUT2D eigenvalue weighted by atomic mass is 10.1. The van der Waals surface area contributed by atoms with Crippen LogP contribution in [0, 0.1) is 24.1 Å². The first-order valence-electron chi connectivity index (χ1n) is 7.45. The van der Waals surface area contributed by atoms with Crippen molar-refractivity contribution in [1.29, 1.82) is 5.26 Å². The summed E-state index contributed by atoms with van der Waals surface area (Å²) in [7, 11) is 1.49. The van der Waals surface area contributed by atoms with Gasteiger partial charge in [0.1, 0.15) is 29.1 Å². The summed E-state index contributed by atoms with van der Waals surface area (Å²) in [6.07, 6.45) is 0. The molecule has 0 bridgehead atoms. The molecule has 2 aromatic rings. The average Bonchev–Trinajstić information content (AvgIpc) is 2.59. The molecular weight excluding hydrogens is 339 g/mol. The summed E-state index contributed by atoms with van der Waals surface area (Å²) >= 11 is 0. The van der Waals surface area contributed by atoms with E-state index in [4.69, 9.17) is 16.8 Å². The lowest BCUT2D eigenvalue weighted by Gasteiger charge is -2.09. The number of carbonyl (C=O) groups excluding carboxylic acids is 1. The van der Waals surface area contributed by atoms with Crippen LogP contribution in [0.1, 0.15) is 33.1 Å². The van der Waals surface area contributed by atoms with E-state index in [1.807, 2.05) is 0 Å². The van der Waals surface area contributed by atoms with Crippen molar-refractivity contribution < 1.29 is 9.18 Å². The minimum Gasteiger partial charge on any atom is -0.380 e. The van der Waals surface area contributed by atoms with Gasteiger partial charge in [-0.2, -0.15) is 5.26 Å². The maximum absolute atomic E-state index is 13.3. The Bertz CT molecular complexity index is 904. The van der Waals surface area contributed by atoms with Gasteiger partial charge in [0.2, 0.25) is 0 Å². The predicted molar refractivity (Wildman–Crippen MR) is 91.7 cm³/mol. The lowest BCUT2D eigenvalue weighted by Crippen LogP contribution is -2.28. The summed E-state index contributed by atoms with van der Waals surface area (Å²) in [6.45, 7) is 1.71. The number of nitrogens with zero attached hydrogens (tertiary/aromatic N) is 5. The van der Waals surface area contributed by atoms with E-state index in [0.29, 0.717) is 11.4 Å². The van der Waals surface area contributed by atoms with Crippen LogP contribution in [-0.2, 0) is 6.54 Å². The molecule has 1 heterocycles. The number of nitriles is 1. The Labute approximate surface area is 149 Å². The quantitative estimate of drug-likeness (QED) is 0.299. The minimum atomic E-state index is -0.613. The number of hydrazone groups is 1. The van der Waals surface area contributed by atoms with Crippen molar-refractivity contribution in [2.24, 2.45) is 16.7 Å². The normalized spacial score (nSPS) is 11.0. The van der Waals surface area contributed by atoms with Gasteiger partial charge < -0.3 is 11.1 Å². The highest BCUT2D eigenvalue weighted by Crippen LogP contribution is 2.10. The van der Waals surface area contributed by atoms with Crippen LogP contribution in [0.4, 0.5) is 4.39 Å². The number of aryl methyl sites for hydroxylation is 1. The third-order valence-corrected chi connectivity index (χ3v) is 3.20. The maximum Gasteiger partial charge on any atom is 0.270 e. The number of amides is 1. The largest absolute Gasteiger partial charge is 0.380 e. The first kappa shape index (κ1) is 18.8. The highest BCUT2D eigenvalue weighted by molar-refractivity contribution is 5.99. The smallest absolute Gasteiger partial charge is 0.270 e. The molecule has 5 N–H and O–H groups in total. The molecule has 134 valence electrons. The summed E-state index contributed by atoms with van der Waals surface area (Å²) in [6, 6.07) is 7.16. The molecule has 0 fully saturated rings. The summed E-state index contributed by atoms with van der Waals surface area (Å²) in [5.41, 5.74) is 6.62. The Hall–Kier alpha value is -3.58. The Balaban J connectivity index is 2.17. The summed E-state index contributed by atoms with van der Waals surface area (Å²) < 4.78 is 13.3. The van der Waals surface area contributed by atoms with E-state index in [1.54, 1.807) is 13.0 Å². The SMILES string of the molecule is Cc1nc(C(=O)NCc2ccc(F)c(C#N)c2)cc(/C(N)=N/N(C)N)n1. The van der Waals surface area contributed by atoms with Gasteiger partial charge in [-0.25, -0.2) is 25.3 Å². The standard InChI is InChI=1S/C16H17FN8O/c1-9-22-13(15(19)24-25(2)20)6-14(23-9)16(26)21-8-10-3-4-12(17)11(5-10)7-18/h3-6H,8,20H2,1-2H3,(H2,19,24)(H,21,26). The van der Waals surface area contributed by atoms with Gasteiger partial charge in [-0.15, -0.1) is 5.10 Å². The molecule has 26 heavy (non-hydrogen) atoms. The van der Waals surface area contributed by atoms with Crippen molar-refractivity contribution in [2.75, 3.05) is 7.05 Å². The van der Waals surface area contributed by atoms with E-state index in [-0.39, 0.29) is 29.3 Å². The number of hydrogen-bond acceptors (Lipinski definition) is 7. The van der Waals surface area contributed by atoms with Gasteiger partial charge in [0.25, 0.3) is 5.91 Å². The van der Waals surface area contributed by atoms with Crippen LogP contribution in [0.25, 0.3) is 0 Å². The Kier molecular flexibility index (Phi) is 5.77. The van der Waals surface area contributed by atoms with Gasteiger partial charge in [-0.05, 0) is 30.7 Å². The first-order chi connectivity index (χ1) is 12.3. The van der Waals surface area contributed by atoms with Gasteiger partial charge in [0.15, 0.2) is 5.84 Å². The van der Waals surface area contributed by atoms with E-state index in [2.05, 4.69) is 20.4 Å². The number of rotatable bonds is 5. The van der Waals surface area contributed by atoms with Gasteiger partial charge in [-0.3, -0.25) is 4.79 Å². The van der Waals surface area contributed by atoms with Crippen molar-refractivity contribution in [3.05, 3.63) is 58.4 Å². The van der Waals surface area contributed by atoms with Crippen LogP contribution in [-0.4, -0.2) is 33.9 Å². The van der Waals surface area contributed by atoms with Gasteiger partial charge in [0, 0.05) is 13.6 Å². The molecule has 0 aliphatic rings. The molecule has 2 rings (SSSR count). The molecule has 9 nitrogen and oxygen atoms in total. The molecule has 0 saturated heterocycles. The first-order valence-corrected chi connectivity index (χ1v) is 7.45. The van der Waals surface area contributed by atoms with Crippen molar-refractivity contribution in [2.45, 2.75) is 13.5 Å². The zero-order valence-corrected chi connectivity index (χ0v) is 14.2. The van der Waals surface area contributed by atoms with Crippen molar-refractivity contribution in [1.82, 2.24) is 20.4 Å². The second kappa shape index (κ2) is 8.00. The molecule has 1 amide bonds. The topological polar surface area (TPSA) is 146 Å². The van der Waals surface area contributed by atoms with Crippen molar-refractivity contribution >= 4 is 11.7 Å². The van der Waals surface area contributed by atoms with E-state index < -0.39 is 11.7 Å². The number of aromatic nitrogens is 2. The summed E-state index contributed by atoms with van der Waals surface area (Å²) in [5, 5.41) is 16.3. The fraction of sp³-hybridized carbons (Fsp3) is 0.188. The molecule has 1 aromatic heterocycles. The van der Waals surface area contributed by atoms with Gasteiger partial charge in [-0.1, -0.05) is 6.07 Å². The number of carbonyl (C=O) groups is 1.